The summed E-state index contributed by atoms with van der Waals surface area (Å²) in [5, 5.41) is 4.48. The molecule has 0 aliphatic heterocycles. The molecule has 1 radical (unpaired) electrons. The second kappa shape index (κ2) is 8.13. The van der Waals surface area contributed by atoms with Crippen molar-refractivity contribution in [2.75, 3.05) is 27.2 Å². The van der Waals surface area contributed by atoms with Crippen LogP contribution in [0.5, 0.6) is 0 Å². The molecular formula is C11H24CoN3-. The van der Waals surface area contributed by atoms with E-state index in [0.717, 1.165) is 25.3 Å². The van der Waals surface area contributed by atoms with Gasteiger partial charge in [0.25, 0.3) is 0 Å². The number of amidine groups is 1. The molecule has 0 saturated carbocycles. The van der Waals surface area contributed by atoms with Crippen LogP contribution >= 0.6 is 0 Å². The molecule has 0 aromatic rings. The predicted octanol–water partition coefficient (Wildman–Crippen LogP) is 2.53. The van der Waals surface area contributed by atoms with E-state index in [9.17, 15) is 0 Å². The Labute approximate surface area is 105 Å². The summed E-state index contributed by atoms with van der Waals surface area (Å²) < 4.78 is 0. The van der Waals surface area contributed by atoms with Crippen LogP contribution in [0.3, 0.4) is 0 Å². The van der Waals surface area contributed by atoms with Crippen molar-refractivity contribution in [1.82, 2.24) is 4.90 Å². The molecule has 0 spiro atoms. The molecule has 0 bridgehead atoms. The molecule has 0 fully saturated rings. The minimum atomic E-state index is -0.00698. The molecule has 3 nitrogen and oxygen atoms in total. The first-order valence-corrected chi connectivity index (χ1v) is 5.26. The van der Waals surface area contributed by atoms with Gasteiger partial charge in [-0.1, -0.05) is 33.5 Å². The van der Waals surface area contributed by atoms with Gasteiger partial charge in [0.2, 0.25) is 0 Å². The number of nitrogens with zero attached hydrogens (tertiary/aromatic N) is 3. The van der Waals surface area contributed by atoms with Crippen LogP contribution in [0, 0.1) is 0 Å². The van der Waals surface area contributed by atoms with Crippen LogP contribution in [0.1, 0.15) is 34.1 Å². The summed E-state index contributed by atoms with van der Waals surface area (Å²) in [6, 6.07) is 0. The van der Waals surface area contributed by atoms with Crippen LogP contribution in [0.2, 0.25) is 0 Å². The van der Waals surface area contributed by atoms with Gasteiger partial charge in [0.1, 0.15) is 0 Å². The van der Waals surface area contributed by atoms with Crippen molar-refractivity contribution in [2.24, 2.45) is 4.99 Å². The number of aliphatic imine (C=N–C) groups is 1. The van der Waals surface area contributed by atoms with Gasteiger partial charge in [0.05, 0.1) is 0 Å². The Morgan fingerprint density at radius 3 is 2.13 bits per heavy atom. The van der Waals surface area contributed by atoms with E-state index in [4.69, 9.17) is 0 Å². The molecule has 0 aromatic carbocycles. The first kappa shape index (κ1) is 17.3. The second-order valence-corrected chi connectivity index (χ2v) is 4.74. The van der Waals surface area contributed by atoms with Crippen molar-refractivity contribution < 1.29 is 16.8 Å². The summed E-state index contributed by atoms with van der Waals surface area (Å²) in [6.45, 7) is 10.2. The van der Waals surface area contributed by atoms with Crippen molar-refractivity contribution in [3.8, 4) is 0 Å². The first-order valence-electron chi connectivity index (χ1n) is 5.26. The zero-order valence-electron chi connectivity index (χ0n) is 10.8. The molecular weight excluding hydrogens is 233 g/mol. The van der Waals surface area contributed by atoms with Gasteiger partial charge in [-0.3, -0.25) is 0 Å². The molecule has 4 heteroatoms. The fourth-order valence-corrected chi connectivity index (χ4v) is 0.992. The summed E-state index contributed by atoms with van der Waals surface area (Å²) >= 11 is 0. The van der Waals surface area contributed by atoms with Crippen molar-refractivity contribution >= 4 is 5.84 Å². The van der Waals surface area contributed by atoms with Gasteiger partial charge in [-0.15, -0.1) is 0 Å². The fourth-order valence-electron chi connectivity index (χ4n) is 0.992. The van der Waals surface area contributed by atoms with Crippen LogP contribution in [0.25, 0.3) is 5.32 Å². The summed E-state index contributed by atoms with van der Waals surface area (Å²) in [7, 11) is 4.12. The van der Waals surface area contributed by atoms with Crippen LogP contribution in [0.4, 0.5) is 0 Å². The maximum atomic E-state index is 4.56. The van der Waals surface area contributed by atoms with Crippen molar-refractivity contribution in [3.63, 3.8) is 0 Å². The van der Waals surface area contributed by atoms with E-state index in [-0.39, 0.29) is 22.3 Å². The standard InChI is InChI=1S/C11H24N3.Co/c1-7-10(13-11(2,3)4)12-8-9-14(5)6;/h7-9H2,1-6H3;/q-1;. The molecule has 0 rings (SSSR count). The molecule has 0 N–H and O–H groups in total. The molecule has 0 aliphatic carbocycles. The normalized spacial score (nSPS) is 12.6. The average Bonchev–Trinajstić information content (AvgIpc) is 1.99. The van der Waals surface area contributed by atoms with Crippen molar-refractivity contribution in [2.45, 2.75) is 39.7 Å². The van der Waals surface area contributed by atoms with E-state index in [2.05, 4.69) is 57.0 Å². The third-order valence-corrected chi connectivity index (χ3v) is 1.62. The summed E-state index contributed by atoms with van der Waals surface area (Å²) in [4.78, 5) is 6.69. The molecule has 93 valence electrons. The number of rotatable bonds is 4. The Hall–Kier alpha value is -0.0635. The predicted molar refractivity (Wildman–Crippen MR) is 64.3 cm³/mol. The smallest absolute Gasteiger partial charge is 0 e. The molecule has 0 unspecified atom stereocenters. The van der Waals surface area contributed by atoms with Crippen LogP contribution < -0.4 is 0 Å². The SMILES string of the molecule is CCC(=NC(C)(C)C)[N-]CCN(C)C.[Co]. The van der Waals surface area contributed by atoms with Gasteiger partial charge in [-0.05, 0) is 39.1 Å². The zero-order chi connectivity index (χ0) is 11.2. The minimum absolute atomic E-state index is 0. The molecule has 0 amide bonds. The summed E-state index contributed by atoms with van der Waals surface area (Å²) in [5.74, 6) is 0.986. The number of hydrogen-bond acceptors (Lipinski definition) is 2. The first-order chi connectivity index (χ1) is 6.35. The third kappa shape index (κ3) is 11.9. The van der Waals surface area contributed by atoms with Crippen LogP contribution in [0.15, 0.2) is 4.99 Å². The van der Waals surface area contributed by atoms with Crippen molar-refractivity contribution in [3.05, 3.63) is 5.32 Å². The van der Waals surface area contributed by atoms with Gasteiger partial charge in [0, 0.05) is 16.8 Å². The Kier molecular flexibility index (Phi) is 9.40. The fraction of sp³-hybridized carbons (Fsp3) is 0.909. The summed E-state index contributed by atoms with van der Waals surface area (Å²) in [6.07, 6.45) is 0.921. The third-order valence-electron chi connectivity index (χ3n) is 1.62. The minimum Gasteiger partial charge on any atom is -0.468 e. The number of likely N-dealkylation sites (N-methyl/N-ethyl adjacent to an activating group) is 1. The van der Waals surface area contributed by atoms with Crippen LogP contribution in [-0.4, -0.2) is 43.5 Å². The van der Waals surface area contributed by atoms with E-state index >= 15 is 0 Å². The molecule has 0 saturated heterocycles. The maximum Gasteiger partial charge on any atom is 0 e. The van der Waals surface area contributed by atoms with Crippen LogP contribution in [-0.2, 0) is 16.8 Å². The summed E-state index contributed by atoms with van der Waals surface area (Å²) in [5.41, 5.74) is -0.00698. The van der Waals surface area contributed by atoms with Gasteiger partial charge in [-0.25, -0.2) is 0 Å². The Morgan fingerprint density at radius 1 is 1.27 bits per heavy atom. The molecule has 0 aromatic heterocycles. The van der Waals surface area contributed by atoms with E-state index in [1.54, 1.807) is 0 Å². The van der Waals surface area contributed by atoms with E-state index < -0.39 is 0 Å². The quantitative estimate of drug-likeness (QED) is 0.562. The Bertz CT molecular complexity index is 183. The molecule has 0 aliphatic rings. The van der Waals surface area contributed by atoms with E-state index in [1.165, 1.54) is 0 Å². The molecule has 0 heterocycles. The maximum absolute atomic E-state index is 4.56. The molecule has 0 atom stereocenters. The Morgan fingerprint density at radius 2 is 1.80 bits per heavy atom. The topological polar surface area (TPSA) is 29.7 Å². The van der Waals surface area contributed by atoms with E-state index in [1.807, 2.05) is 0 Å². The largest absolute Gasteiger partial charge is 0.468 e. The number of hydrogen-bond donors (Lipinski definition) is 0. The van der Waals surface area contributed by atoms with Gasteiger partial charge < -0.3 is 15.2 Å². The van der Waals surface area contributed by atoms with E-state index in [0.29, 0.717) is 0 Å². The molecule has 15 heavy (non-hydrogen) atoms. The van der Waals surface area contributed by atoms with Gasteiger partial charge in [0.15, 0.2) is 0 Å². The van der Waals surface area contributed by atoms with Gasteiger partial charge in [-0.2, -0.15) is 0 Å². The average molecular weight is 257 g/mol. The second-order valence-electron chi connectivity index (χ2n) is 4.74. The van der Waals surface area contributed by atoms with Gasteiger partial charge >= 0.3 is 0 Å². The Balaban J connectivity index is 0. The zero-order valence-corrected chi connectivity index (χ0v) is 11.8. The monoisotopic (exact) mass is 257 g/mol. The van der Waals surface area contributed by atoms with Crippen molar-refractivity contribution in [1.29, 1.82) is 0 Å².